The Morgan fingerprint density at radius 3 is 2.43 bits per heavy atom. The summed E-state index contributed by atoms with van der Waals surface area (Å²) in [7, 11) is 0. The van der Waals surface area contributed by atoms with Crippen molar-refractivity contribution in [1.29, 1.82) is 0 Å². The number of hydrogen-bond acceptors (Lipinski definition) is 3. The Labute approximate surface area is 82.9 Å². The highest BCUT2D eigenvalue weighted by Crippen LogP contribution is 2.32. The maximum atomic E-state index is 5.45. The zero-order valence-electron chi connectivity index (χ0n) is 7.81. The molecule has 1 fully saturated rings. The summed E-state index contributed by atoms with van der Waals surface area (Å²) in [4.78, 5) is 0. The summed E-state index contributed by atoms with van der Waals surface area (Å²) in [5.41, 5.74) is 0.845. The van der Waals surface area contributed by atoms with Gasteiger partial charge in [-0.25, -0.2) is 0 Å². The SMILES string of the molecule is C=COC1(c2ccccc2)OCCO1. The fourth-order valence-electron chi connectivity index (χ4n) is 1.45. The van der Waals surface area contributed by atoms with Crippen LogP contribution in [-0.2, 0) is 20.2 Å². The van der Waals surface area contributed by atoms with Gasteiger partial charge in [-0.15, -0.1) is 0 Å². The van der Waals surface area contributed by atoms with Crippen molar-refractivity contribution < 1.29 is 14.2 Å². The van der Waals surface area contributed by atoms with E-state index >= 15 is 0 Å². The van der Waals surface area contributed by atoms with Crippen LogP contribution >= 0.6 is 0 Å². The second-order valence-electron chi connectivity index (χ2n) is 2.90. The van der Waals surface area contributed by atoms with E-state index in [0.717, 1.165) is 5.56 Å². The van der Waals surface area contributed by atoms with Gasteiger partial charge in [-0.3, -0.25) is 0 Å². The van der Waals surface area contributed by atoms with Crippen molar-refractivity contribution >= 4 is 0 Å². The molecule has 0 aromatic heterocycles. The van der Waals surface area contributed by atoms with Crippen LogP contribution in [0.15, 0.2) is 43.2 Å². The molecule has 1 heterocycles. The number of ether oxygens (including phenoxy) is 3. The molecular weight excluding hydrogens is 180 g/mol. The molecule has 0 aliphatic carbocycles. The van der Waals surface area contributed by atoms with Crippen LogP contribution in [-0.4, -0.2) is 13.2 Å². The Kier molecular flexibility index (Phi) is 2.52. The van der Waals surface area contributed by atoms with Gasteiger partial charge in [-0.2, -0.15) is 0 Å². The first kappa shape index (κ1) is 9.24. The summed E-state index contributed by atoms with van der Waals surface area (Å²) in [6.07, 6.45) is 1.33. The Morgan fingerprint density at radius 1 is 1.21 bits per heavy atom. The molecule has 0 radical (unpaired) electrons. The van der Waals surface area contributed by atoms with Crippen molar-refractivity contribution in [2.45, 2.75) is 5.97 Å². The predicted molar refractivity (Wildman–Crippen MR) is 51.3 cm³/mol. The van der Waals surface area contributed by atoms with Gasteiger partial charge in [0, 0.05) is 0 Å². The predicted octanol–water partition coefficient (Wildman–Crippen LogP) is 2.00. The Morgan fingerprint density at radius 2 is 1.86 bits per heavy atom. The van der Waals surface area contributed by atoms with Crippen molar-refractivity contribution in [1.82, 2.24) is 0 Å². The molecule has 1 aromatic carbocycles. The minimum Gasteiger partial charge on any atom is -0.444 e. The summed E-state index contributed by atoms with van der Waals surface area (Å²) in [5, 5.41) is 0. The molecule has 0 N–H and O–H groups in total. The third kappa shape index (κ3) is 1.52. The lowest BCUT2D eigenvalue weighted by Gasteiger charge is -2.25. The molecule has 0 amide bonds. The standard InChI is InChI=1S/C11H12O3/c1-2-12-11(13-8-9-14-11)10-6-4-3-5-7-10/h2-7H,1,8-9H2. The van der Waals surface area contributed by atoms with E-state index in [1.807, 2.05) is 30.3 Å². The lowest BCUT2D eigenvalue weighted by molar-refractivity contribution is -0.319. The zero-order chi connectivity index (χ0) is 9.86. The van der Waals surface area contributed by atoms with Crippen LogP contribution in [0, 0.1) is 0 Å². The van der Waals surface area contributed by atoms with Crippen LogP contribution in [0.5, 0.6) is 0 Å². The van der Waals surface area contributed by atoms with Gasteiger partial charge in [0.25, 0.3) is 0 Å². The van der Waals surface area contributed by atoms with Gasteiger partial charge in [-0.1, -0.05) is 24.8 Å². The van der Waals surface area contributed by atoms with Gasteiger partial charge < -0.3 is 14.2 Å². The van der Waals surface area contributed by atoms with Gasteiger partial charge in [0.05, 0.1) is 25.0 Å². The van der Waals surface area contributed by atoms with E-state index in [-0.39, 0.29) is 0 Å². The maximum absolute atomic E-state index is 5.45. The van der Waals surface area contributed by atoms with E-state index in [4.69, 9.17) is 14.2 Å². The molecule has 3 nitrogen and oxygen atoms in total. The maximum Gasteiger partial charge on any atom is 0.355 e. The van der Waals surface area contributed by atoms with Gasteiger partial charge in [-0.05, 0) is 12.1 Å². The van der Waals surface area contributed by atoms with Crippen LogP contribution in [0.3, 0.4) is 0 Å². The third-order valence-electron chi connectivity index (χ3n) is 2.03. The summed E-state index contributed by atoms with van der Waals surface area (Å²) in [6.45, 7) is 4.57. The zero-order valence-corrected chi connectivity index (χ0v) is 7.81. The average Bonchev–Trinajstić information content (AvgIpc) is 2.70. The third-order valence-corrected chi connectivity index (χ3v) is 2.03. The molecule has 0 atom stereocenters. The van der Waals surface area contributed by atoms with E-state index in [1.165, 1.54) is 6.26 Å². The summed E-state index contributed by atoms with van der Waals surface area (Å²) in [6, 6.07) is 9.55. The van der Waals surface area contributed by atoms with E-state index in [9.17, 15) is 0 Å². The van der Waals surface area contributed by atoms with Crippen molar-refractivity contribution in [2.75, 3.05) is 13.2 Å². The minimum atomic E-state index is -1.08. The van der Waals surface area contributed by atoms with Crippen molar-refractivity contribution in [3.8, 4) is 0 Å². The molecule has 0 spiro atoms. The van der Waals surface area contributed by atoms with Gasteiger partial charge in [0.2, 0.25) is 0 Å². The molecule has 1 aromatic rings. The molecule has 1 aliphatic heterocycles. The van der Waals surface area contributed by atoms with Crippen LogP contribution in [0.2, 0.25) is 0 Å². The van der Waals surface area contributed by atoms with Gasteiger partial charge in [0.15, 0.2) is 0 Å². The second kappa shape index (κ2) is 3.82. The Bertz CT molecular complexity index is 302. The number of benzene rings is 1. The van der Waals surface area contributed by atoms with Crippen molar-refractivity contribution in [3.05, 3.63) is 48.7 Å². The number of rotatable bonds is 3. The largest absolute Gasteiger partial charge is 0.444 e. The molecule has 1 aliphatic rings. The first-order chi connectivity index (χ1) is 6.87. The molecule has 3 heteroatoms. The van der Waals surface area contributed by atoms with Crippen LogP contribution in [0.4, 0.5) is 0 Å². The number of hydrogen-bond donors (Lipinski definition) is 0. The van der Waals surface area contributed by atoms with E-state index < -0.39 is 5.97 Å². The smallest absolute Gasteiger partial charge is 0.355 e. The van der Waals surface area contributed by atoms with E-state index in [2.05, 4.69) is 6.58 Å². The Balaban J connectivity index is 2.31. The first-order valence-electron chi connectivity index (χ1n) is 4.49. The normalized spacial score (nSPS) is 19.1. The monoisotopic (exact) mass is 192 g/mol. The quantitative estimate of drug-likeness (QED) is 0.685. The molecule has 74 valence electrons. The fourth-order valence-corrected chi connectivity index (χ4v) is 1.45. The first-order valence-corrected chi connectivity index (χ1v) is 4.49. The van der Waals surface area contributed by atoms with Crippen LogP contribution < -0.4 is 0 Å². The van der Waals surface area contributed by atoms with Gasteiger partial charge in [0.1, 0.15) is 0 Å². The minimum absolute atomic E-state index is 0.530. The lowest BCUT2D eigenvalue weighted by atomic mass is 10.2. The summed E-state index contributed by atoms with van der Waals surface area (Å²) >= 11 is 0. The lowest BCUT2D eigenvalue weighted by Crippen LogP contribution is -2.28. The van der Waals surface area contributed by atoms with E-state index in [1.54, 1.807) is 0 Å². The molecule has 0 bridgehead atoms. The van der Waals surface area contributed by atoms with Gasteiger partial charge >= 0.3 is 5.97 Å². The van der Waals surface area contributed by atoms with E-state index in [0.29, 0.717) is 13.2 Å². The van der Waals surface area contributed by atoms with Crippen LogP contribution in [0.25, 0.3) is 0 Å². The molecule has 0 saturated carbocycles. The van der Waals surface area contributed by atoms with Crippen LogP contribution in [0.1, 0.15) is 5.56 Å². The topological polar surface area (TPSA) is 27.7 Å². The summed E-state index contributed by atoms with van der Waals surface area (Å²) in [5.74, 6) is -1.08. The second-order valence-corrected chi connectivity index (χ2v) is 2.90. The Hall–Kier alpha value is -1.32. The molecule has 14 heavy (non-hydrogen) atoms. The van der Waals surface area contributed by atoms with Crippen molar-refractivity contribution in [3.63, 3.8) is 0 Å². The summed E-state index contributed by atoms with van der Waals surface area (Å²) < 4.78 is 16.2. The molecule has 0 unspecified atom stereocenters. The highest BCUT2D eigenvalue weighted by Gasteiger charge is 2.40. The fraction of sp³-hybridized carbons (Fsp3) is 0.273. The highest BCUT2D eigenvalue weighted by molar-refractivity contribution is 5.19. The average molecular weight is 192 g/mol. The molecule has 1 saturated heterocycles. The molecular formula is C11H12O3. The van der Waals surface area contributed by atoms with Crippen molar-refractivity contribution in [2.24, 2.45) is 0 Å². The highest BCUT2D eigenvalue weighted by atomic mass is 16.9. The molecule has 2 rings (SSSR count).